The number of carboxylic acid groups (broad SMARTS) is 2. The van der Waals surface area contributed by atoms with Crippen molar-refractivity contribution >= 4 is 38.2 Å². The topological polar surface area (TPSA) is 161 Å². The van der Waals surface area contributed by atoms with Gasteiger partial charge in [-0.25, -0.2) is 0 Å². The first-order valence-corrected chi connectivity index (χ1v) is 9.52. The van der Waals surface area contributed by atoms with E-state index >= 15 is 0 Å². The number of aliphatic carboxylic acids is 2. The largest absolute Gasteiger partial charge is 0.492 e. The molecule has 8 nitrogen and oxygen atoms in total. The minimum atomic E-state index is -3.85. The molecule has 0 fully saturated rings. The second-order valence-electron chi connectivity index (χ2n) is 4.30. The summed E-state index contributed by atoms with van der Waals surface area (Å²) in [5.41, 5.74) is 6.45. The van der Waals surface area contributed by atoms with Gasteiger partial charge in [-0.2, -0.15) is 0 Å². The monoisotopic (exact) mass is 471 g/mol. The van der Waals surface area contributed by atoms with Gasteiger partial charge in [-0.05, 0) is 24.3 Å². The van der Waals surface area contributed by atoms with Crippen LogP contribution in [0.15, 0.2) is 29.2 Å². The Hall–Kier alpha value is -0.931. The van der Waals surface area contributed by atoms with Crippen molar-refractivity contribution in [2.75, 3.05) is 11.5 Å². The molecule has 0 saturated heterocycles. The Kier molecular flexibility index (Phi) is 18.1. The van der Waals surface area contributed by atoms with Crippen LogP contribution in [0.1, 0.15) is 20.3 Å². The summed E-state index contributed by atoms with van der Waals surface area (Å²) in [7, 11) is -3.85. The van der Waals surface area contributed by atoms with Crippen molar-refractivity contribution in [3.05, 3.63) is 24.3 Å². The minimum Gasteiger partial charge on any atom is -0.481 e. The van der Waals surface area contributed by atoms with Gasteiger partial charge >= 0.3 is 8.80 Å². The van der Waals surface area contributed by atoms with Gasteiger partial charge in [0.05, 0.1) is 0 Å². The number of anilines is 1. The van der Waals surface area contributed by atoms with Crippen molar-refractivity contribution in [2.45, 2.75) is 31.2 Å². The van der Waals surface area contributed by atoms with E-state index in [9.17, 15) is 0 Å². The van der Waals surface area contributed by atoms with E-state index in [1.165, 1.54) is 0 Å². The van der Waals surface area contributed by atoms with Gasteiger partial charge in [0.1, 0.15) is 0 Å². The number of benzene rings is 1. The van der Waals surface area contributed by atoms with Gasteiger partial charge in [0, 0.05) is 50.9 Å². The number of para-hydroxylation sites is 1. The number of nitrogens with two attached hydrogens (primary N) is 1. The molecule has 0 atom stereocenters. The molecule has 0 heterocycles. The Labute approximate surface area is 159 Å². The van der Waals surface area contributed by atoms with Crippen LogP contribution < -0.4 is 5.73 Å². The van der Waals surface area contributed by atoms with Crippen LogP contribution >= 0.6 is 11.8 Å². The van der Waals surface area contributed by atoms with Gasteiger partial charge in [0.25, 0.3) is 11.9 Å². The number of carboxylic acids is 2. The molecule has 142 valence electrons. The fraction of sp³-hybridized carbons (Fsp3) is 0.385. The molecule has 0 unspecified atom stereocenters. The summed E-state index contributed by atoms with van der Waals surface area (Å²) in [6, 6.07) is 7.59. The van der Waals surface area contributed by atoms with Gasteiger partial charge in [-0.3, -0.25) is 9.59 Å². The van der Waals surface area contributed by atoms with Crippen LogP contribution in [0.4, 0.5) is 5.69 Å². The van der Waals surface area contributed by atoms with Gasteiger partial charge in [0.15, 0.2) is 0 Å². The number of nitrogen functional groups attached to an aromatic ring is 1. The SMILES string of the molecule is CC(=O)O.CC(=O)O.Nc1ccccc1SCCC[Si](O)(O)O.[Pd]. The van der Waals surface area contributed by atoms with E-state index in [-0.39, 0.29) is 26.5 Å². The van der Waals surface area contributed by atoms with E-state index in [4.69, 9.17) is 39.9 Å². The molecule has 0 radical (unpaired) electrons. The molecule has 24 heavy (non-hydrogen) atoms. The first kappa shape index (κ1) is 27.9. The maximum atomic E-state index is 9.00. The van der Waals surface area contributed by atoms with E-state index in [1.54, 1.807) is 11.8 Å². The number of hydrogen-bond donors (Lipinski definition) is 6. The molecule has 1 rings (SSSR count). The second-order valence-corrected chi connectivity index (χ2v) is 7.49. The number of rotatable bonds is 5. The van der Waals surface area contributed by atoms with Crippen LogP contribution in [-0.4, -0.2) is 51.1 Å². The Morgan fingerprint density at radius 2 is 1.50 bits per heavy atom. The molecule has 0 aliphatic rings. The molecule has 0 aliphatic heterocycles. The Morgan fingerprint density at radius 3 is 1.88 bits per heavy atom. The maximum Gasteiger partial charge on any atom is 0.492 e. The number of thioether (sulfide) groups is 1. The van der Waals surface area contributed by atoms with E-state index in [1.807, 2.05) is 24.3 Å². The molecule has 1 aromatic carbocycles. The Morgan fingerprint density at radius 1 is 1.08 bits per heavy atom. The quantitative estimate of drug-likeness (QED) is 0.158. The van der Waals surface area contributed by atoms with Gasteiger partial charge < -0.3 is 30.3 Å². The molecule has 11 heteroatoms. The van der Waals surface area contributed by atoms with E-state index in [0.717, 1.165) is 24.4 Å². The molecule has 0 spiro atoms. The third kappa shape index (κ3) is 26.0. The molecular formula is C13H23NO7PdSSi. The third-order valence-electron chi connectivity index (χ3n) is 1.83. The first-order valence-electron chi connectivity index (χ1n) is 6.49. The summed E-state index contributed by atoms with van der Waals surface area (Å²) in [4.78, 5) is 45.3. The summed E-state index contributed by atoms with van der Waals surface area (Å²) in [6.07, 6.45) is 0.564. The van der Waals surface area contributed by atoms with Crippen LogP contribution in [0, 0.1) is 0 Å². The zero-order valence-electron chi connectivity index (χ0n) is 13.3. The van der Waals surface area contributed by atoms with Crippen molar-refractivity contribution in [3.63, 3.8) is 0 Å². The maximum absolute atomic E-state index is 9.00. The average Bonchev–Trinajstić information content (AvgIpc) is 2.34. The van der Waals surface area contributed by atoms with Crippen LogP contribution in [0.3, 0.4) is 0 Å². The van der Waals surface area contributed by atoms with Crippen LogP contribution in [0.2, 0.25) is 6.04 Å². The standard InChI is InChI=1S/C9H15NO3SSi.2C2H4O2.Pd/c10-8-4-1-2-5-9(8)14-6-3-7-15(11,12)13;2*1-2(3)4;/h1-2,4-5,11-13H,3,6-7,10H2;2*1H3,(H,3,4);. The van der Waals surface area contributed by atoms with Crippen LogP contribution in [0.25, 0.3) is 0 Å². The molecule has 0 saturated carbocycles. The smallest absolute Gasteiger partial charge is 0.481 e. The van der Waals surface area contributed by atoms with Crippen LogP contribution in [-0.2, 0) is 30.0 Å². The van der Waals surface area contributed by atoms with E-state index in [2.05, 4.69) is 0 Å². The molecule has 1 aromatic rings. The summed E-state index contributed by atoms with van der Waals surface area (Å²) in [5.74, 6) is -0.954. The molecule has 0 bridgehead atoms. The van der Waals surface area contributed by atoms with Crippen molar-refractivity contribution in [2.24, 2.45) is 0 Å². The van der Waals surface area contributed by atoms with Gasteiger partial charge in [-0.1, -0.05) is 12.1 Å². The number of hydrogen-bond acceptors (Lipinski definition) is 7. The molecule has 0 aliphatic carbocycles. The van der Waals surface area contributed by atoms with Crippen molar-refractivity contribution in [1.82, 2.24) is 0 Å². The zero-order chi connectivity index (χ0) is 18.5. The van der Waals surface area contributed by atoms with Gasteiger partial charge in [-0.15, -0.1) is 11.8 Å². The predicted molar refractivity (Wildman–Crippen MR) is 90.0 cm³/mol. The van der Waals surface area contributed by atoms with Crippen LogP contribution in [0.5, 0.6) is 0 Å². The molecule has 7 N–H and O–H groups in total. The normalized spacial score (nSPS) is 9.38. The first-order chi connectivity index (χ1) is 10.5. The fourth-order valence-electron chi connectivity index (χ4n) is 1.10. The summed E-state index contributed by atoms with van der Waals surface area (Å²) >= 11 is 1.55. The van der Waals surface area contributed by atoms with Gasteiger partial charge in [0.2, 0.25) is 0 Å². The predicted octanol–water partition coefficient (Wildman–Crippen LogP) is 0.846. The molecular weight excluding hydrogens is 449 g/mol. The minimum absolute atomic E-state index is 0. The van der Waals surface area contributed by atoms with E-state index in [0.29, 0.717) is 12.2 Å². The molecule has 0 amide bonds. The van der Waals surface area contributed by atoms with Crippen molar-refractivity contribution in [3.8, 4) is 0 Å². The summed E-state index contributed by atoms with van der Waals surface area (Å²) in [5, 5.41) is 14.8. The fourth-order valence-corrected chi connectivity index (χ4v) is 2.93. The van der Waals surface area contributed by atoms with Crippen molar-refractivity contribution in [1.29, 1.82) is 0 Å². The Balaban J connectivity index is -0.000000413. The van der Waals surface area contributed by atoms with E-state index < -0.39 is 20.7 Å². The summed E-state index contributed by atoms with van der Waals surface area (Å²) in [6.45, 7) is 2.17. The van der Waals surface area contributed by atoms with Crippen molar-refractivity contribution < 1.29 is 54.6 Å². The summed E-state index contributed by atoms with van der Waals surface area (Å²) < 4.78 is 0. The Bertz CT molecular complexity index is 466. The number of carbonyl (C=O) groups is 2. The zero-order valence-corrected chi connectivity index (χ0v) is 16.7. The average molecular weight is 472 g/mol. The second kappa shape index (κ2) is 15.6. The molecule has 0 aromatic heterocycles. The third-order valence-corrected chi connectivity index (χ3v) is 4.03.